The van der Waals surface area contributed by atoms with Crippen molar-refractivity contribution in [2.24, 2.45) is 0 Å². The maximum Gasteiger partial charge on any atom is 0.186 e. The minimum Gasteiger partial charge on any atom is -0.494 e. The van der Waals surface area contributed by atoms with Gasteiger partial charge in [-0.3, -0.25) is 4.79 Å². The molecular formula is C18H24N2O2S. The molecule has 2 aromatic rings. The lowest BCUT2D eigenvalue weighted by Gasteiger charge is -2.16. The Morgan fingerprint density at radius 3 is 2.26 bits per heavy atom. The molecule has 1 aromatic heterocycles. The van der Waals surface area contributed by atoms with E-state index in [1.54, 1.807) is 0 Å². The third kappa shape index (κ3) is 3.55. The number of nitrogens with zero attached hydrogens (tertiary/aromatic N) is 2. The van der Waals surface area contributed by atoms with Crippen LogP contribution in [0.5, 0.6) is 5.75 Å². The number of aromatic nitrogens is 1. The standard InChI is InChI=1S/C18H24N2O2S/c1-6-20(7-2)18-19-17(15(11-21)23-18)16-12(4)9-14(22-8-3)10-13(16)5/h9-11H,6-8H2,1-5H3. The molecule has 0 bridgehead atoms. The Balaban J connectivity index is 2.55. The highest BCUT2D eigenvalue weighted by molar-refractivity contribution is 7.17. The molecule has 0 amide bonds. The summed E-state index contributed by atoms with van der Waals surface area (Å²) >= 11 is 1.46. The number of carbonyl (C=O) groups is 1. The highest BCUT2D eigenvalue weighted by Gasteiger charge is 2.19. The number of hydrogen-bond acceptors (Lipinski definition) is 5. The lowest BCUT2D eigenvalue weighted by Crippen LogP contribution is -2.21. The van der Waals surface area contributed by atoms with E-state index in [1.165, 1.54) is 11.3 Å². The third-order valence-corrected chi connectivity index (χ3v) is 4.88. The third-order valence-electron chi connectivity index (χ3n) is 3.84. The number of ether oxygens (including phenoxy) is 1. The molecule has 124 valence electrons. The predicted molar refractivity (Wildman–Crippen MR) is 97.1 cm³/mol. The van der Waals surface area contributed by atoms with Crippen molar-refractivity contribution in [3.05, 3.63) is 28.1 Å². The van der Waals surface area contributed by atoms with Crippen LogP contribution in [0.2, 0.25) is 0 Å². The van der Waals surface area contributed by atoms with E-state index >= 15 is 0 Å². The Hall–Kier alpha value is -1.88. The molecule has 4 nitrogen and oxygen atoms in total. The molecule has 0 saturated carbocycles. The van der Waals surface area contributed by atoms with Gasteiger partial charge in [0, 0.05) is 18.7 Å². The van der Waals surface area contributed by atoms with Crippen molar-refractivity contribution in [2.75, 3.05) is 24.6 Å². The van der Waals surface area contributed by atoms with E-state index < -0.39 is 0 Å². The molecule has 0 fully saturated rings. The second kappa shape index (κ2) is 7.59. The molecule has 0 aliphatic carbocycles. The molecule has 0 aliphatic heterocycles. The number of aldehydes is 1. The Kier molecular flexibility index (Phi) is 5.77. The molecule has 0 N–H and O–H groups in total. The first-order valence-electron chi connectivity index (χ1n) is 8.00. The number of anilines is 1. The lowest BCUT2D eigenvalue weighted by atomic mass is 9.99. The number of rotatable bonds is 7. The van der Waals surface area contributed by atoms with Crippen LogP contribution in [0.1, 0.15) is 41.6 Å². The van der Waals surface area contributed by atoms with E-state index in [-0.39, 0.29) is 0 Å². The van der Waals surface area contributed by atoms with Gasteiger partial charge in [0.1, 0.15) is 5.75 Å². The molecule has 2 rings (SSSR count). The van der Waals surface area contributed by atoms with E-state index in [2.05, 4.69) is 18.7 Å². The fourth-order valence-corrected chi connectivity index (χ4v) is 3.77. The van der Waals surface area contributed by atoms with Crippen molar-refractivity contribution >= 4 is 22.8 Å². The quantitative estimate of drug-likeness (QED) is 0.701. The smallest absolute Gasteiger partial charge is 0.186 e. The van der Waals surface area contributed by atoms with Crippen LogP contribution in [0.15, 0.2) is 12.1 Å². The zero-order valence-electron chi connectivity index (χ0n) is 14.5. The largest absolute Gasteiger partial charge is 0.494 e. The van der Waals surface area contributed by atoms with Gasteiger partial charge in [-0.15, -0.1) is 0 Å². The van der Waals surface area contributed by atoms with E-state index in [0.29, 0.717) is 11.5 Å². The molecule has 0 radical (unpaired) electrons. The Morgan fingerprint density at radius 1 is 1.17 bits per heavy atom. The first-order valence-corrected chi connectivity index (χ1v) is 8.82. The highest BCUT2D eigenvalue weighted by Crippen LogP contribution is 2.37. The van der Waals surface area contributed by atoms with Crippen LogP contribution < -0.4 is 9.64 Å². The van der Waals surface area contributed by atoms with Crippen LogP contribution in [-0.2, 0) is 0 Å². The van der Waals surface area contributed by atoms with Gasteiger partial charge >= 0.3 is 0 Å². The van der Waals surface area contributed by atoms with Gasteiger partial charge in [-0.1, -0.05) is 11.3 Å². The van der Waals surface area contributed by atoms with Gasteiger partial charge in [-0.05, 0) is 57.9 Å². The summed E-state index contributed by atoms with van der Waals surface area (Å²) < 4.78 is 5.60. The predicted octanol–water partition coefficient (Wildman–Crippen LogP) is 4.48. The number of thiazole rings is 1. The molecular weight excluding hydrogens is 308 g/mol. The summed E-state index contributed by atoms with van der Waals surface area (Å²) in [4.78, 5) is 19.1. The first kappa shape index (κ1) is 17.5. The zero-order valence-corrected chi connectivity index (χ0v) is 15.3. The Morgan fingerprint density at radius 2 is 1.78 bits per heavy atom. The topological polar surface area (TPSA) is 42.4 Å². The minimum absolute atomic E-state index is 0.640. The van der Waals surface area contributed by atoms with Gasteiger partial charge in [-0.25, -0.2) is 4.98 Å². The minimum atomic E-state index is 0.640. The average Bonchev–Trinajstić information content (AvgIpc) is 2.92. The van der Waals surface area contributed by atoms with Gasteiger partial charge in [0.2, 0.25) is 0 Å². The van der Waals surface area contributed by atoms with E-state index in [0.717, 1.165) is 52.6 Å². The van der Waals surface area contributed by atoms with Crippen molar-refractivity contribution in [3.63, 3.8) is 0 Å². The van der Waals surface area contributed by atoms with Crippen LogP contribution in [0.3, 0.4) is 0 Å². The van der Waals surface area contributed by atoms with Crippen LogP contribution in [-0.4, -0.2) is 31.0 Å². The van der Waals surface area contributed by atoms with Crippen LogP contribution >= 0.6 is 11.3 Å². The van der Waals surface area contributed by atoms with Crippen molar-refractivity contribution in [1.29, 1.82) is 0 Å². The molecule has 0 aliphatic rings. The maximum atomic E-state index is 11.5. The second-order valence-electron chi connectivity index (χ2n) is 5.36. The fourth-order valence-electron chi connectivity index (χ4n) is 2.76. The number of benzene rings is 1. The molecule has 1 heterocycles. The monoisotopic (exact) mass is 332 g/mol. The molecule has 5 heteroatoms. The molecule has 0 unspecified atom stereocenters. The molecule has 0 atom stereocenters. The normalized spacial score (nSPS) is 10.7. The number of aryl methyl sites for hydroxylation is 2. The van der Waals surface area contributed by atoms with Crippen LogP contribution in [0.4, 0.5) is 5.13 Å². The molecule has 0 saturated heterocycles. The summed E-state index contributed by atoms with van der Waals surface area (Å²) in [6.45, 7) is 12.6. The van der Waals surface area contributed by atoms with Crippen molar-refractivity contribution in [3.8, 4) is 17.0 Å². The van der Waals surface area contributed by atoms with Crippen molar-refractivity contribution < 1.29 is 9.53 Å². The molecule has 1 aromatic carbocycles. The number of hydrogen-bond donors (Lipinski definition) is 0. The summed E-state index contributed by atoms with van der Waals surface area (Å²) in [5, 5.41) is 0.903. The Bertz CT molecular complexity index is 667. The summed E-state index contributed by atoms with van der Waals surface area (Å²) in [5.74, 6) is 0.859. The summed E-state index contributed by atoms with van der Waals surface area (Å²) in [7, 11) is 0. The van der Waals surface area contributed by atoms with Crippen LogP contribution in [0.25, 0.3) is 11.3 Å². The van der Waals surface area contributed by atoms with Crippen molar-refractivity contribution in [1.82, 2.24) is 4.98 Å². The van der Waals surface area contributed by atoms with Gasteiger partial charge in [0.05, 0.1) is 17.2 Å². The summed E-state index contributed by atoms with van der Waals surface area (Å²) in [6, 6.07) is 4.02. The second-order valence-corrected chi connectivity index (χ2v) is 6.37. The first-order chi connectivity index (χ1) is 11.0. The SMILES string of the molecule is CCOc1cc(C)c(-c2nc(N(CC)CC)sc2C=O)c(C)c1. The molecule has 0 spiro atoms. The average molecular weight is 332 g/mol. The zero-order chi connectivity index (χ0) is 17.0. The van der Waals surface area contributed by atoms with Crippen molar-refractivity contribution in [2.45, 2.75) is 34.6 Å². The van der Waals surface area contributed by atoms with Gasteiger partial charge in [0.25, 0.3) is 0 Å². The fraction of sp³-hybridized carbons (Fsp3) is 0.444. The number of carbonyl (C=O) groups excluding carboxylic acids is 1. The maximum absolute atomic E-state index is 11.5. The van der Waals surface area contributed by atoms with E-state index in [4.69, 9.17) is 9.72 Å². The highest BCUT2D eigenvalue weighted by atomic mass is 32.1. The summed E-state index contributed by atoms with van der Waals surface area (Å²) in [6.07, 6.45) is 0.912. The Labute approximate surface area is 142 Å². The molecule has 23 heavy (non-hydrogen) atoms. The lowest BCUT2D eigenvalue weighted by molar-refractivity contribution is 0.112. The van der Waals surface area contributed by atoms with E-state index in [9.17, 15) is 4.79 Å². The van der Waals surface area contributed by atoms with E-state index in [1.807, 2.05) is 32.9 Å². The summed E-state index contributed by atoms with van der Waals surface area (Å²) in [5.41, 5.74) is 3.97. The van der Waals surface area contributed by atoms with Gasteiger partial charge in [-0.2, -0.15) is 0 Å². The van der Waals surface area contributed by atoms with Gasteiger partial charge < -0.3 is 9.64 Å². The van der Waals surface area contributed by atoms with Crippen LogP contribution in [0, 0.1) is 13.8 Å². The van der Waals surface area contributed by atoms with Gasteiger partial charge in [0.15, 0.2) is 11.4 Å².